The Morgan fingerprint density at radius 3 is 2.52 bits per heavy atom. The van der Waals surface area contributed by atoms with Crippen LogP contribution in [-0.4, -0.2) is 24.6 Å². The first-order valence-corrected chi connectivity index (χ1v) is 7.34. The summed E-state index contributed by atoms with van der Waals surface area (Å²) >= 11 is 1.48. The molecule has 3 heterocycles. The molecule has 102 valence electrons. The molecule has 0 spiro atoms. The van der Waals surface area contributed by atoms with Gasteiger partial charge >= 0.3 is 0 Å². The summed E-state index contributed by atoms with van der Waals surface area (Å²) in [5.41, 5.74) is 3.52. The van der Waals surface area contributed by atoms with E-state index in [0.717, 1.165) is 32.6 Å². The van der Waals surface area contributed by atoms with E-state index in [1.165, 1.54) is 11.8 Å². The molecule has 0 fully saturated rings. The maximum atomic E-state index is 4.68. The Bertz CT molecular complexity index is 947. The van der Waals surface area contributed by atoms with Crippen LogP contribution in [-0.2, 0) is 0 Å². The predicted octanol–water partition coefficient (Wildman–Crippen LogP) is 3.13. The lowest BCUT2D eigenvalue weighted by atomic mass is 10.3. The molecule has 0 radical (unpaired) electrons. The Hall–Kier alpha value is -2.47. The second-order valence-electron chi connectivity index (χ2n) is 4.62. The van der Waals surface area contributed by atoms with Gasteiger partial charge in [-0.05, 0) is 43.0 Å². The summed E-state index contributed by atoms with van der Waals surface area (Å²) in [4.78, 5) is 9.27. The van der Waals surface area contributed by atoms with Gasteiger partial charge in [-0.15, -0.1) is 10.2 Å². The SMILES string of the molecule is Cc1nc2ccccc2nc1Sc1nnc2ccccn12. The molecule has 5 nitrogen and oxygen atoms in total. The van der Waals surface area contributed by atoms with Crippen LogP contribution in [0, 0.1) is 6.92 Å². The summed E-state index contributed by atoms with van der Waals surface area (Å²) in [6, 6.07) is 13.7. The average Bonchev–Trinajstić information content (AvgIpc) is 2.91. The molecule has 0 bridgehead atoms. The highest BCUT2D eigenvalue weighted by atomic mass is 32.2. The molecule has 0 atom stereocenters. The molecule has 0 saturated heterocycles. The molecule has 6 heteroatoms. The van der Waals surface area contributed by atoms with Crippen molar-refractivity contribution >= 4 is 28.4 Å². The third-order valence-electron chi connectivity index (χ3n) is 3.17. The predicted molar refractivity (Wildman–Crippen MR) is 81.4 cm³/mol. The highest BCUT2D eigenvalue weighted by Gasteiger charge is 2.11. The fourth-order valence-electron chi connectivity index (χ4n) is 2.14. The van der Waals surface area contributed by atoms with E-state index in [1.54, 1.807) is 0 Å². The highest BCUT2D eigenvalue weighted by molar-refractivity contribution is 7.99. The smallest absolute Gasteiger partial charge is 0.201 e. The average molecular weight is 293 g/mol. The molecular formula is C15H11N5S. The molecule has 0 aliphatic carbocycles. The fourth-order valence-corrected chi connectivity index (χ4v) is 2.99. The van der Waals surface area contributed by atoms with Gasteiger partial charge in [0.25, 0.3) is 0 Å². The Labute approximate surface area is 125 Å². The Kier molecular flexibility index (Phi) is 2.82. The number of nitrogens with zero attached hydrogens (tertiary/aromatic N) is 5. The summed E-state index contributed by atoms with van der Waals surface area (Å²) in [6.45, 7) is 1.96. The van der Waals surface area contributed by atoms with E-state index in [2.05, 4.69) is 20.2 Å². The van der Waals surface area contributed by atoms with Crippen LogP contribution >= 0.6 is 11.8 Å². The summed E-state index contributed by atoms with van der Waals surface area (Å²) in [5, 5.41) is 10.0. The molecule has 0 unspecified atom stereocenters. The van der Waals surface area contributed by atoms with Crippen LogP contribution < -0.4 is 0 Å². The third kappa shape index (κ3) is 2.13. The lowest BCUT2D eigenvalue weighted by Crippen LogP contribution is -1.94. The number of benzene rings is 1. The molecule has 0 N–H and O–H groups in total. The number of fused-ring (bicyclic) bond motifs is 2. The maximum absolute atomic E-state index is 4.68. The summed E-state index contributed by atoms with van der Waals surface area (Å²) < 4.78 is 1.95. The number of hydrogen-bond donors (Lipinski definition) is 0. The van der Waals surface area contributed by atoms with Gasteiger partial charge in [0.15, 0.2) is 5.65 Å². The van der Waals surface area contributed by atoms with E-state index in [0.29, 0.717) is 0 Å². The first-order valence-electron chi connectivity index (χ1n) is 6.52. The molecule has 0 amide bonds. The first kappa shape index (κ1) is 12.3. The Morgan fingerprint density at radius 2 is 1.67 bits per heavy atom. The Morgan fingerprint density at radius 1 is 0.905 bits per heavy atom. The summed E-state index contributed by atoms with van der Waals surface area (Å²) in [5.74, 6) is 0. The number of aromatic nitrogens is 5. The van der Waals surface area contributed by atoms with Gasteiger partial charge in [-0.3, -0.25) is 4.40 Å². The summed E-state index contributed by atoms with van der Waals surface area (Å²) in [7, 11) is 0. The zero-order chi connectivity index (χ0) is 14.2. The molecular weight excluding hydrogens is 282 g/mol. The minimum absolute atomic E-state index is 0.790. The molecule has 3 aromatic heterocycles. The number of aryl methyl sites for hydroxylation is 1. The monoisotopic (exact) mass is 293 g/mol. The lowest BCUT2D eigenvalue weighted by molar-refractivity contribution is 0.913. The second-order valence-corrected chi connectivity index (χ2v) is 5.57. The first-order chi connectivity index (χ1) is 10.3. The van der Waals surface area contributed by atoms with Gasteiger partial charge in [0, 0.05) is 6.20 Å². The van der Waals surface area contributed by atoms with Crippen molar-refractivity contribution in [1.29, 1.82) is 0 Å². The number of para-hydroxylation sites is 2. The molecule has 1 aromatic carbocycles. The van der Waals surface area contributed by atoms with Crippen molar-refractivity contribution in [1.82, 2.24) is 24.6 Å². The quantitative estimate of drug-likeness (QED) is 0.568. The number of hydrogen-bond acceptors (Lipinski definition) is 5. The van der Waals surface area contributed by atoms with Crippen molar-refractivity contribution in [3.05, 3.63) is 54.4 Å². The third-order valence-corrected chi connectivity index (χ3v) is 4.21. The van der Waals surface area contributed by atoms with Gasteiger partial charge in [-0.1, -0.05) is 18.2 Å². The van der Waals surface area contributed by atoms with E-state index >= 15 is 0 Å². The van der Waals surface area contributed by atoms with Crippen LogP contribution in [0.5, 0.6) is 0 Å². The van der Waals surface area contributed by atoms with Gasteiger partial charge in [-0.2, -0.15) is 0 Å². The molecule has 0 aliphatic rings. The van der Waals surface area contributed by atoms with Crippen molar-refractivity contribution in [3.63, 3.8) is 0 Å². The number of pyridine rings is 1. The van der Waals surface area contributed by atoms with E-state index in [-0.39, 0.29) is 0 Å². The van der Waals surface area contributed by atoms with Crippen LogP contribution in [0.15, 0.2) is 58.8 Å². The molecule has 21 heavy (non-hydrogen) atoms. The maximum Gasteiger partial charge on any atom is 0.201 e. The van der Waals surface area contributed by atoms with Crippen molar-refractivity contribution in [3.8, 4) is 0 Å². The van der Waals surface area contributed by atoms with Crippen LogP contribution in [0.2, 0.25) is 0 Å². The van der Waals surface area contributed by atoms with Crippen molar-refractivity contribution in [2.24, 2.45) is 0 Å². The van der Waals surface area contributed by atoms with E-state index in [1.807, 2.05) is 60.0 Å². The van der Waals surface area contributed by atoms with Crippen molar-refractivity contribution in [2.45, 2.75) is 17.1 Å². The normalized spacial score (nSPS) is 11.3. The van der Waals surface area contributed by atoms with Crippen LogP contribution in [0.1, 0.15) is 5.69 Å². The molecule has 4 rings (SSSR count). The van der Waals surface area contributed by atoms with Gasteiger partial charge in [-0.25, -0.2) is 9.97 Å². The van der Waals surface area contributed by atoms with Crippen LogP contribution in [0.4, 0.5) is 0 Å². The van der Waals surface area contributed by atoms with Crippen LogP contribution in [0.25, 0.3) is 16.7 Å². The minimum atomic E-state index is 0.790. The second kappa shape index (κ2) is 4.82. The van der Waals surface area contributed by atoms with E-state index < -0.39 is 0 Å². The Balaban J connectivity index is 1.82. The molecule has 0 aliphatic heterocycles. The molecule has 4 aromatic rings. The topological polar surface area (TPSA) is 56.0 Å². The van der Waals surface area contributed by atoms with Gasteiger partial charge in [0.05, 0.1) is 16.7 Å². The summed E-state index contributed by atoms with van der Waals surface area (Å²) in [6.07, 6.45) is 1.95. The van der Waals surface area contributed by atoms with Crippen LogP contribution in [0.3, 0.4) is 0 Å². The van der Waals surface area contributed by atoms with Gasteiger partial charge < -0.3 is 0 Å². The zero-order valence-electron chi connectivity index (χ0n) is 11.3. The lowest BCUT2D eigenvalue weighted by Gasteiger charge is -2.05. The molecule has 0 saturated carbocycles. The van der Waals surface area contributed by atoms with Crippen molar-refractivity contribution in [2.75, 3.05) is 0 Å². The highest BCUT2D eigenvalue weighted by Crippen LogP contribution is 2.28. The zero-order valence-corrected chi connectivity index (χ0v) is 12.1. The fraction of sp³-hybridized carbons (Fsp3) is 0.0667. The van der Waals surface area contributed by atoms with E-state index in [4.69, 9.17) is 0 Å². The largest absolute Gasteiger partial charge is 0.277 e. The van der Waals surface area contributed by atoms with Gasteiger partial charge in [0.2, 0.25) is 5.16 Å². The minimum Gasteiger partial charge on any atom is -0.277 e. The van der Waals surface area contributed by atoms with Gasteiger partial charge in [0.1, 0.15) is 5.03 Å². The van der Waals surface area contributed by atoms with Crippen molar-refractivity contribution < 1.29 is 0 Å². The van der Waals surface area contributed by atoms with E-state index in [9.17, 15) is 0 Å². The number of rotatable bonds is 2. The standard InChI is InChI=1S/C15H11N5S/c1-10-14(17-12-7-3-2-6-11(12)16-10)21-15-19-18-13-8-4-5-9-20(13)15/h2-9H,1H3.